The summed E-state index contributed by atoms with van der Waals surface area (Å²) in [7, 11) is 0. The van der Waals surface area contributed by atoms with E-state index in [9.17, 15) is 4.79 Å². The first-order valence-corrected chi connectivity index (χ1v) is 9.16. The lowest BCUT2D eigenvalue weighted by molar-refractivity contribution is -0.137. The Balaban J connectivity index is 1.79. The van der Waals surface area contributed by atoms with Gasteiger partial charge in [0.05, 0.1) is 25.4 Å². The van der Waals surface area contributed by atoms with Crippen LogP contribution in [0.5, 0.6) is 0 Å². The van der Waals surface area contributed by atoms with Crippen molar-refractivity contribution in [3.63, 3.8) is 0 Å². The molecule has 2 unspecified atom stereocenters. The molecule has 2 rings (SSSR count). The number of aliphatic hydroxyl groups excluding tert-OH is 1. The smallest absolute Gasteiger partial charge is 0.153 e. The van der Waals surface area contributed by atoms with Crippen LogP contribution in [0.1, 0.15) is 40.0 Å². The van der Waals surface area contributed by atoms with E-state index in [1.165, 1.54) is 6.42 Å². The molecule has 0 bridgehead atoms. The summed E-state index contributed by atoms with van der Waals surface area (Å²) < 4.78 is 5.34. The second kappa shape index (κ2) is 8.56. The average Bonchev–Trinajstić information content (AvgIpc) is 2.54. The van der Waals surface area contributed by atoms with Crippen LogP contribution in [0.3, 0.4) is 0 Å². The van der Waals surface area contributed by atoms with Crippen LogP contribution >= 0.6 is 0 Å². The molecule has 5 nitrogen and oxygen atoms in total. The highest BCUT2D eigenvalue weighted by atomic mass is 16.5. The highest BCUT2D eigenvalue weighted by Gasteiger charge is 2.44. The molecule has 134 valence electrons. The molecule has 1 heterocycles. The molecule has 0 aromatic rings. The van der Waals surface area contributed by atoms with Crippen molar-refractivity contribution in [1.82, 2.24) is 9.80 Å². The van der Waals surface area contributed by atoms with Crippen molar-refractivity contribution in [3.8, 4) is 0 Å². The summed E-state index contributed by atoms with van der Waals surface area (Å²) >= 11 is 0. The zero-order chi connectivity index (χ0) is 16.9. The molecule has 0 spiro atoms. The molecule has 0 radical (unpaired) electrons. The van der Waals surface area contributed by atoms with Gasteiger partial charge in [0.1, 0.15) is 0 Å². The Bertz CT molecular complexity index is 380. The van der Waals surface area contributed by atoms with Gasteiger partial charge in [-0.2, -0.15) is 0 Å². The van der Waals surface area contributed by atoms with Crippen LogP contribution in [0.4, 0.5) is 0 Å². The Labute approximate surface area is 141 Å². The maximum Gasteiger partial charge on any atom is 0.153 e. The average molecular weight is 326 g/mol. The monoisotopic (exact) mass is 326 g/mol. The van der Waals surface area contributed by atoms with Gasteiger partial charge in [-0.1, -0.05) is 13.8 Å². The minimum atomic E-state index is -0.245. The van der Waals surface area contributed by atoms with Crippen molar-refractivity contribution < 1.29 is 14.6 Å². The second-order valence-corrected chi connectivity index (χ2v) is 7.61. The van der Waals surface area contributed by atoms with E-state index in [1.807, 2.05) is 0 Å². The third kappa shape index (κ3) is 4.75. The van der Waals surface area contributed by atoms with Gasteiger partial charge in [0.25, 0.3) is 0 Å². The first kappa shape index (κ1) is 18.8. The van der Waals surface area contributed by atoms with Crippen molar-refractivity contribution in [2.45, 2.75) is 45.6 Å². The van der Waals surface area contributed by atoms with Crippen LogP contribution in [0, 0.1) is 11.8 Å². The molecule has 1 saturated carbocycles. The van der Waals surface area contributed by atoms with Crippen LogP contribution in [-0.4, -0.2) is 78.8 Å². The topological polar surface area (TPSA) is 53.0 Å². The van der Waals surface area contributed by atoms with Crippen LogP contribution < -0.4 is 0 Å². The van der Waals surface area contributed by atoms with Gasteiger partial charge in [0.2, 0.25) is 0 Å². The molecule has 1 N–H and O–H groups in total. The van der Waals surface area contributed by atoms with Crippen molar-refractivity contribution in [3.05, 3.63) is 0 Å². The van der Waals surface area contributed by atoms with E-state index in [1.54, 1.807) is 0 Å². The number of aliphatic hydroxyl groups is 1. The summed E-state index contributed by atoms with van der Waals surface area (Å²) in [5, 5.41) is 8.71. The number of ether oxygens (including phenoxy) is 1. The largest absolute Gasteiger partial charge is 0.394 e. The number of hydrogen-bond acceptors (Lipinski definition) is 5. The minimum Gasteiger partial charge on any atom is -0.394 e. The fourth-order valence-corrected chi connectivity index (χ4v) is 3.89. The predicted molar refractivity (Wildman–Crippen MR) is 91.5 cm³/mol. The van der Waals surface area contributed by atoms with E-state index in [0.717, 1.165) is 45.6 Å². The lowest BCUT2D eigenvalue weighted by Crippen LogP contribution is -2.61. The lowest BCUT2D eigenvalue weighted by Gasteiger charge is -2.48. The summed E-state index contributed by atoms with van der Waals surface area (Å²) in [5.41, 5.74) is -0.245. The number of Topliss-reactive ketones (excluding diaryl/α,β-unsaturated/α-hetero) is 1. The van der Waals surface area contributed by atoms with E-state index in [4.69, 9.17) is 9.84 Å². The molecule has 23 heavy (non-hydrogen) atoms. The standard InChI is InChI=1S/C18H34N2O3/c1-15(2)16-4-5-18(3,17(22)14-16)20-8-6-19(7-9-20)10-12-23-13-11-21/h15-16,21H,4-14H2,1-3H3. The third-order valence-electron chi connectivity index (χ3n) is 5.85. The number of carbonyl (C=O) groups is 1. The van der Waals surface area contributed by atoms with E-state index >= 15 is 0 Å². The van der Waals surface area contributed by atoms with Crippen LogP contribution in [0.25, 0.3) is 0 Å². The van der Waals surface area contributed by atoms with Gasteiger partial charge in [-0.3, -0.25) is 14.6 Å². The van der Waals surface area contributed by atoms with Gasteiger partial charge >= 0.3 is 0 Å². The van der Waals surface area contributed by atoms with Crippen LogP contribution in [0.15, 0.2) is 0 Å². The molecule has 2 atom stereocenters. The number of hydrogen-bond donors (Lipinski definition) is 1. The summed E-state index contributed by atoms with van der Waals surface area (Å²) in [5.74, 6) is 1.63. The summed E-state index contributed by atoms with van der Waals surface area (Å²) in [6.45, 7) is 12.7. The molecule has 0 aromatic carbocycles. The predicted octanol–water partition coefficient (Wildman–Crippen LogP) is 1.40. The van der Waals surface area contributed by atoms with E-state index in [2.05, 4.69) is 30.6 Å². The van der Waals surface area contributed by atoms with Gasteiger partial charge in [-0.25, -0.2) is 0 Å². The van der Waals surface area contributed by atoms with Crippen molar-refractivity contribution in [2.75, 3.05) is 52.5 Å². The fourth-order valence-electron chi connectivity index (χ4n) is 3.89. The third-order valence-corrected chi connectivity index (χ3v) is 5.85. The van der Waals surface area contributed by atoms with Crippen LogP contribution in [-0.2, 0) is 9.53 Å². The van der Waals surface area contributed by atoms with Gasteiger partial charge in [-0.15, -0.1) is 0 Å². The first-order valence-electron chi connectivity index (χ1n) is 9.16. The number of piperazine rings is 1. The minimum absolute atomic E-state index is 0.0889. The SMILES string of the molecule is CC(C)C1CCC(C)(N2CCN(CCOCCO)CC2)C(=O)C1. The second-order valence-electron chi connectivity index (χ2n) is 7.61. The maximum absolute atomic E-state index is 12.8. The normalized spacial score (nSPS) is 31.0. The zero-order valence-corrected chi connectivity index (χ0v) is 15.1. The Morgan fingerprint density at radius 2 is 1.96 bits per heavy atom. The van der Waals surface area contributed by atoms with Crippen molar-refractivity contribution in [2.24, 2.45) is 11.8 Å². The summed E-state index contributed by atoms with van der Waals surface area (Å²) in [4.78, 5) is 17.6. The molecule has 1 aliphatic carbocycles. The van der Waals surface area contributed by atoms with Crippen molar-refractivity contribution >= 4 is 5.78 Å². The Morgan fingerprint density at radius 1 is 1.26 bits per heavy atom. The summed E-state index contributed by atoms with van der Waals surface area (Å²) in [6, 6.07) is 0. The molecule has 2 fully saturated rings. The Hall–Kier alpha value is -0.490. The lowest BCUT2D eigenvalue weighted by atomic mass is 9.72. The number of rotatable bonds is 7. The van der Waals surface area contributed by atoms with Gasteiger partial charge in [0.15, 0.2) is 5.78 Å². The molecule has 1 saturated heterocycles. The van der Waals surface area contributed by atoms with Crippen LogP contribution in [0.2, 0.25) is 0 Å². The molecule has 2 aliphatic rings. The van der Waals surface area contributed by atoms with E-state index < -0.39 is 0 Å². The molecule has 1 aliphatic heterocycles. The highest BCUT2D eigenvalue weighted by molar-refractivity contribution is 5.89. The Kier molecular flexibility index (Phi) is 7.01. The van der Waals surface area contributed by atoms with E-state index in [-0.39, 0.29) is 12.1 Å². The van der Waals surface area contributed by atoms with E-state index in [0.29, 0.717) is 30.8 Å². The molecule has 0 amide bonds. The van der Waals surface area contributed by atoms with Gasteiger partial charge < -0.3 is 9.84 Å². The molecule has 5 heteroatoms. The number of carbonyl (C=O) groups excluding carboxylic acids is 1. The quantitative estimate of drug-likeness (QED) is 0.717. The highest BCUT2D eigenvalue weighted by Crippen LogP contribution is 2.37. The molecular weight excluding hydrogens is 292 g/mol. The maximum atomic E-state index is 12.8. The Morgan fingerprint density at radius 3 is 2.52 bits per heavy atom. The zero-order valence-electron chi connectivity index (χ0n) is 15.1. The number of ketones is 1. The number of nitrogens with zero attached hydrogens (tertiary/aromatic N) is 2. The fraction of sp³-hybridized carbons (Fsp3) is 0.944. The molecular formula is C18H34N2O3. The first-order chi connectivity index (χ1) is 11.0. The van der Waals surface area contributed by atoms with Gasteiger partial charge in [-0.05, 0) is 31.6 Å². The molecule has 0 aromatic heterocycles. The van der Waals surface area contributed by atoms with Crippen molar-refractivity contribution in [1.29, 1.82) is 0 Å². The summed E-state index contributed by atoms with van der Waals surface area (Å²) in [6.07, 6.45) is 2.94. The van der Waals surface area contributed by atoms with Gasteiger partial charge in [0, 0.05) is 39.1 Å².